The molecule has 0 heterocycles. The van der Waals surface area contributed by atoms with Crippen molar-refractivity contribution in [1.29, 1.82) is 0 Å². The van der Waals surface area contributed by atoms with Crippen LogP contribution in [0, 0.1) is 0 Å². The van der Waals surface area contributed by atoms with Gasteiger partial charge in [0.1, 0.15) is 12.6 Å². The van der Waals surface area contributed by atoms with Crippen LogP contribution in [0.2, 0.25) is 0 Å². The molecule has 2 amide bonds. The van der Waals surface area contributed by atoms with Gasteiger partial charge in [-0.2, -0.15) is 13.2 Å². The summed E-state index contributed by atoms with van der Waals surface area (Å²) in [5.41, 5.74) is 3.87. The number of alkyl halides is 3. The number of carbonyl (C=O) groups excluding carboxylic acids is 2. The summed E-state index contributed by atoms with van der Waals surface area (Å²) in [5, 5.41) is 12.8. The summed E-state index contributed by atoms with van der Waals surface area (Å²) in [4.78, 5) is 35.0. The maximum atomic E-state index is 12.9. The first-order valence-electron chi connectivity index (χ1n) is 10.3. The Balaban J connectivity index is 1.62. The van der Waals surface area contributed by atoms with E-state index in [1.54, 1.807) is 0 Å². The summed E-state index contributed by atoms with van der Waals surface area (Å²) in [5.74, 6) is -2.44. The normalized spacial score (nSPS) is 13.5. The third kappa shape index (κ3) is 6.47. The first-order chi connectivity index (χ1) is 15.7. The standard InChI is InChI=1S/C23H23F3N2O5/c24-23(25,26)12-19(21(31)27-11-5-10-20(29)30)28-22(32)33-13-18-16-8-3-1-6-14(16)15-7-2-4-9-17(15)18/h1-4,6-9,18-19H,5,10-13H2,(H,27,31)(H,28,32)(H,29,30). The van der Waals surface area contributed by atoms with Gasteiger partial charge in [-0.3, -0.25) is 9.59 Å². The number of aliphatic carboxylic acids is 1. The molecule has 1 unspecified atom stereocenters. The van der Waals surface area contributed by atoms with Gasteiger partial charge in [-0.1, -0.05) is 48.5 Å². The summed E-state index contributed by atoms with van der Waals surface area (Å²) in [6.07, 6.45) is -7.64. The predicted octanol–water partition coefficient (Wildman–Crippen LogP) is 3.83. The molecule has 1 atom stereocenters. The highest BCUT2D eigenvalue weighted by atomic mass is 19.4. The van der Waals surface area contributed by atoms with Gasteiger partial charge in [0.15, 0.2) is 0 Å². The van der Waals surface area contributed by atoms with Gasteiger partial charge in [0.25, 0.3) is 0 Å². The Hall–Kier alpha value is -3.56. The second kappa shape index (κ2) is 10.4. The molecule has 0 radical (unpaired) electrons. The molecule has 3 N–H and O–H groups in total. The van der Waals surface area contributed by atoms with Crippen molar-refractivity contribution in [2.45, 2.75) is 37.4 Å². The van der Waals surface area contributed by atoms with Crippen LogP contribution in [0.3, 0.4) is 0 Å². The van der Waals surface area contributed by atoms with Crippen molar-refractivity contribution in [3.8, 4) is 11.1 Å². The molecule has 7 nitrogen and oxygen atoms in total. The van der Waals surface area contributed by atoms with Crippen LogP contribution in [0.1, 0.15) is 36.3 Å². The van der Waals surface area contributed by atoms with Crippen LogP contribution < -0.4 is 10.6 Å². The molecule has 1 aliphatic rings. The topological polar surface area (TPSA) is 105 Å². The smallest absolute Gasteiger partial charge is 0.407 e. The maximum absolute atomic E-state index is 12.9. The van der Waals surface area contributed by atoms with Crippen LogP contribution in [0.5, 0.6) is 0 Å². The van der Waals surface area contributed by atoms with E-state index in [0.717, 1.165) is 22.3 Å². The van der Waals surface area contributed by atoms with Crippen molar-refractivity contribution >= 4 is 18.0 Å². The second-order valence-electron chi connectivity index (χ2n) is 7.63. The number of hydrogen-bond acceptors (Lipinski definition) is 4. The Kier molecular flexibility index (Phi) is 7.57. The lowest BCUT2D eigenvalue weighted by molar-refractivity contribution is -0.149. The molecule has 10 heteroatoms. The highest BCUT2D eigenvalue weighted by Gasteiger charge is 2.37. The summed E-state index contributed by atoms with van der Waals surface area (Å²) in [7, 11) is 0. The quantitative estimate of drug-likeness (QED) is 0.490. The Bertz CT molecular complexity index is 980. The molecule has 2 aromatic rings. The van der Waals surface area contributed by atoms with E-state index in [2.05, 4.69) is 5.32 Å². The average molecular weight is 464 g/mol. The Morgan fingerprint density at radius 2 is 1.58 bits per heavy atom. The molecule has 0 aliphatic heterocycles. The largest absolute Gasteiger partial charge is 0.481 e. The fourth-order valence-electron chi connectivity index (χ4n) is 3.80. The number of nitrogens with one attached hydrogen (secondary N) is 2. The molecule has 2 aromatic carbocycles. The molecule has 0 saturated carbocycles. The van der Waals surface area contributed by atoms with E-state index in [-0.39, 0.29) is 31.9 Å². The molecule has 0 spiro atoms. The van der Waals surface area contributed by atoms with Gasteiger partial charge in [-0.25, -0.2) is 4.79 Å². The van der Waals surface area contributed by atoms with Gasteiger partial charge >= 0.3 is 18.2 Å². The molecule has 0 fully saturated rings. The first kappa shape index (κ1) is 24.1. The van der Waals surface area contributed by atoms with Crippen LogP contribution in [0.15, 0.2) is 48.5 Å². The Labute approximate surface area is 187 Å². The summed E-state index contributed by atoms with van der Waals surface area (Å²) < 4.78 is 44.0. The van der Waals surface area contributed by atoms with Gasteiger partial charge in [0, 0.05) is 18.9 Å². The maximum Gasteiger partial charge on any atom is 0.407 e. The number of carboxylic acids is 1. The Morgan fingerprint density at radius 3 is 2.12 bits per heavy atom. The predicted molar refractivity (Wildman–Crippen MR) is 113 cm³/mol. The lowest BCUT2D eigenvalue weighted by atomic mass is 9.98. The van der Waals surface area contributed by atoms with Crippen molar-refractivity contribution in [2.75, 3.05) is 13.2 Å². The number of alkyl carbamates (subject to hydrolysis) is 1. The van der Waals surface area contributed by atoms with Crippen LogP contribution in [0.4, 0.5) is 18.0 Å². The summed E-state index contributed by atoms with van der Waals surface area (Å²) in [6, 6.07) is 13.3. The number of carboxylic acid groups (broad SMARTS) is 1. The van der Waals surface area contributed by atoms with Gasteiger partial charge < -0.3 is 20.5 Å². The monoisotopic (exact) mass is 464 g/mol. The minimum atomic E-state index is -4.71. The first-order valence-corrected chi connectivity index (χ1v) is 10.3. The molecular formula is C23H23F3N2O5. The van der Waals surface area contributed by atoms with Crippen molar-refractivity contribution < 1.29 is 37.4 Å². The molecule has 0 aromatic heterocycles. The zero-order valence-electron chi connectivity index (χ0n) is 17.5. The van der Waals surface area contributed by atoms with E-state index < -0.39 is 36.6 Å². The van der Waals surface area contributed by atoms with E-state index in [1.807, 2.05) is 53.8 Å². The van der Waals surface area contributed by atoms with Crippen LogP contribution in [0.25, 0.3) is 11.1 Å². The van der Waals surface area contributed by atoms with Gasteiger partial charge in [0.2, 0.25) is 5.91 Å². The number of amides is 2. The fourth-order valence-corrected chi connectivity index (χ4v) is 3.80. The molecule has 176 valence electrons. The van der Waals surface area contributed by atoms with Crippen molar-refractivity contribution in [3.63, 3.8) is 0 Å². The highest BCUT2D eigenvalue weighted by molar-refractivity contribution is 5.86. The van der Waals surface area contributed by atoms with E-state index >= 15 is 0 Å². The molecule has 0 bridgehead atoms. The number of ether oxygens (including phenoxy) is 1. The van der Waals surface area contributed by atoms with Crippen LogP contribution in [-0.2, 0) is 14.3 Å². The molecule has 0 saturated heterocycles. The van der Waals surface area contributed by atoms with Gasteiger partial charge in [-0.05, 0) is 28.7 Å². The molecule has 3 rings (SSSR count). The molecule has 1 aliphatic carbocycles. The average Bonchev–Trinajstić information content (AvgIpc) is 3.07. The molecular weight excluding hydrogens is 441 g/mol. The number of carbonyl (C=O) groups is 3. The minimum absolute atomic E-state index is 0.0464. The SMILES string of the molecule is O=C(O)CCCNC(=O)C(CC(F)(F)F)NC(=O)OCC1c2ccccc2-c2ccccc21. The van der Waals surface area contributed by atoms with E-state index in [0.29, 0.717) is 0 Å². The third-order valence-corrected chi connectivity index (χ3v) is 5.25. The number of fused-ring (bicyclic) bond motifs is 3. The van der Waals surface area contributed by atoms with Crippen molar-refractivity contribution in [2.24, 2.45) is 0 Å². The zero-order valence-corrected chi connectivity index (χ0v) is 17.5. The summed E-state index contributed by atoms with van der Waals surface area (Å²) >= 11 is 0. The number of halogens is 3. The lowest BCUT2D eigenvalue weighted by Gasteiger charge is -2.20. The lowest BCUT2D eigenvalue weighted by Crippen LogP contribution is -2.49. The number of benzene rings is 2. The van der Waals surface area contributed by atoms with E-state index in [9.17, 15) is 27.6 Å². The van der Waals surface area contributed by atoms with Crippen LogP contribution in [-0.4, -0.2) is 48.4 Å². The van der Waals surface area contributed by atoms with Crippen LogP contribution >= 0.6 is 0 Å². The number of hydrogen-bond donors (Lipinski definition) is 3. The highest BCUT2D eigenvalue weighted by Crippen LogP contribution is 2.44. The minimum Gasteiger partial charge on any atom is -0.481 e. The zero-order chi connectivity index (χ0) is 24.0. The van der Waals surface area contributed by atoms with Crippen molar-refractivity contribution in [1.82, 2.24) is 10.6 Å². The third-order valence-electron chi connectivity index (χ3n) is 5.25. The fraction of sp³-hybridized carbons (Fsp3) is 0.348. The van der Waals surface area contributed by atoms with Gasteiger partial charge in [-0.15, -0.1) is 0 Å². The molecule has 33 heavy (non-hydrogen) atoms. The Morgan fingerprint density at radius 1 is 1.00 bits per heavy atom. The van der Waals surface area contributed by atoms with Crippen molar-refractivity contribution in [3.05, 3.63) is 59.7 Å². The van der Waals surface area contributed by atoms with Gasteiger partial charge in [0.05, 0.1) is 6.42 Å². The number of rotatable bonds is 9. The second-order valence-corrected chi connectivity index (χ2v) is 7.63. The summed E-state index contributed by atoms with van der Waals surface area (Å²) in [6.45, 7) is -0.245. The van der Waals surface area contributed by atoms with E-state index in [4.69, 9.17) is 9.84 Å². The van der Waals surface area contributed by atoms with E-state index in [1.165, 1.54) is 0 Å².